The summed E-state index contributed by atoms with van der Waals surface area (Å²) in [6.45, 7) is 3.53. The third-order valence-electron chi connectivity index (χ3n) is 2.78. The monoisotopic (exact) mass is 345 g/mol. The van der Waals surface area contributed by atoms with Crippen molar-refractivity contribution in [1.29, 1.82) is 0 Å². The molecule has 0 atom stereocenters. The third-order valence-corrected chi connectivity index (χ3v) is 6.21. The summed E-state index contributed by atoms with van der Waals surface area (Å²) >= 11 is 2.61. The summed E-state index contributed by atoms with van der Waals surface area (Å²) in [6.07, 6.45) is 1.86. The van der Waals surface area contributed by atoms with Crippen LogP contribution in [0.4, 0.5) is 5.13 Å². The minimum absolute atomic E-state index is 0.210. The van der Waals surface area contributed by atoms with Crippen molar-refractivity contribution < 1.29 is 13.2 Å². The minimum Gasteiger partial charge on any atom is -0.496 e. The number of nitrogens with zero attached hydrogens (tertiary/aromatic N) is 2. The summed E-state index contributed by atoms with van der Waals surface area (Å²) in [4.78, 5) is 0.210. The number of methoxy groups -OCH3 is 1. The molecule has 0 aliphatic carbocycles. The maximum Gasteiger partial charge on any atom is 0.263 e. The lowest BCUT2D eigenvalue weighted by Crippen LogP contribution is -2.14. The third kappa shape index (κ3) is 3.47. The molecule has 0 aliphatic rings. The smallest absolute Gasteiger partial charge is 0.263 e. The number of hydrogen-bond acceptors (Lipinski definition) is 7. The molecule has 1 heterocycles. The molecule has 6 nitrogen and oxygen atoms in total. The van der Waals surface area contributed by atoms with Crippen LogP contribution >= 0.6 is 23.1 Å². The van der Waals surface area contributed by atoms with Crippen molar-refractivity contribution in [2.45, 2.75) is 23.1 Å². The fraction of sp³-hybridized carbons (Fsp3) is 0.333. The number of sulfonamides is 1. The quantitative estimate of drug-likeness (QED) is 0.839. The van der Waals surface area contributed by atoms with E-state index in [-0.39, 0.29) is 10.0 Å². The number of nitrogens with one attached hydrogen (secondary N) is 1. The van der Waals surface area contributed by atoms with E-state index in [1.807, 2.05) is 6.26 Å². The lowest BCUT2D eigenvalue weighted by atomic mass is 10.1. The first-order valence-corrected chi connectivity index (χ1v) is 9.45. The van der Waals surface area contributed by atoms with Crippen molar-refractivity contribution in [2.24, 2.45) is 0 Å². The number of thioether (sulfide) groups is 1. The number of rotatable bonds is 5. The molecule has 9 heteroatoms. The predicted octanol–water partition coefficient (Wildman–Crippen LogP) is 2.69. The minimum atomic E-state index is -3.69. The van der Waals surface area contributed by atoms with Crippen LogP contribution in [0.1, 0.15) is 11.1 Å². The Morgan fingerprint density at radius 2 is 1.95 bits per heavy atom. The van der Waals surface area contributed by atoms with Crippen LogP contribution < -0.4 is 9.46 Å². The topological polar surface area (TPSA) is 81.2 Å². The van der Waals surface area contributed by atoms with E-state index in [2.05, 4.69) is 14.9 Å². The second kappa shape index (κ2) is 6.20. The number of hydrogen-bond donors (Lipinski definition) is 1. The number of ether oxygens (including phenoxy) is 1. The Balaban J connectivity index is 2.37. The van der Waals surface area contributed by atoms with Gasteiger partial charge in [0.15, 0.2) is 4.34 Å². The summed E-state index contributed by atoms with van der Waals surface area (Å²) < 4.78 is 33.3. The molecule has 0 radical (unpaired) electrons. The highest BCUT2D eigenvalue weighted by molar-refractivity contribution is 8.00. The van der Waals surface area contributed by atoms with E-state index in [1.54, 1.807) is 33.1 Å². The molecule has 1 aromatic carbocycles. The Kier molecular flexibility index (Phi) is 4.74. The molecule has 1 N–H and O–H groups in total. The Bertz CT molecular complexity index is 756. The first kappa shape index (κ1) is 16.1. The van der Waals surface area contributed by atoms with E-state index in [4.69, 9.17) is 4.74 Å². The average molecular weight is 345 g/mol. The first-order valence-electron chi connectivity index (χ1n) is 5.93. The molecule has 0 saturated carbocycles. The molecular formula is C12H15N3O3S3. The van der Waals surface area contributed by atoms with Crippen molar-refractivity contribution in [2.75, 3.05) is 18.1 Å². The number of aryl methyl sites for hydroxylation is 2. The molecule has 0 bridgehead atoms. The molecule has 0 spiro atoms. The molecule has 21 heavy (non-hydrogen) atoms. The number of aromatic nitrogens is 2. The molecule has 0 unspecified atom stereocenters. The van der Waals surface area contributed by atoms with Crippen LogP contribution in [-0.2, 0) is 10.0 Å². The van der Waals surface area contributed by atoms with Gasteiger partial charge in [0.25, 0.3) is 10.0 Å². The highest BCUT2D eigenvalue weighted by atomic mass is 32.2. The summed E-state index contributed by atoms with van der Waals surface area (Å²) in [7, 11) is -2.14. The van der Waals surface area contributed by atoms with Crippen LogP contribution in [0.15, 0.2) is 21.4 Å². The Morgan fingerprint density at radius 1 is 1.24 bits per heavy atom. The predicted molar refractivity (Wildman–Crippen MR) is 85.0 cm³/mol. The van der Waals surface area contributed by atoms with Crippen molar-refractivity contribution in [3.05, 3.63) is 23.3 Å². The van der Waals surface area contributed by atoms with Crippen molar-refractivity contribution in [1.82, 2.24) is 10.2 Å². The van der Waals surface area contributed by atoms with Gasteiger partial charge in [-0.25, -0.2) is 8.42 Å². The van der Waals surface area contributed by atoms with Crippen molar-refractivity contribution in [3.8, 4) is 5.75 Å². The summed E-state index contributed by atoms with van der Waals surface area (Å²) in [5.41, 5.74) is 1.37. The highest BCUT2D eigenvalue weighted by Crippen LogP contribution is 2.29. The van der Waals surface area contributed by atoms with Gasteiger partial charge in [-0.3, -0.25) is 4.72 Å². The number of benzene rings is 1. The zero-order chi connectivity index (χ0) is 15.6. The van der Waals surface area contributed by atoms with Crippen molar-refractivity contribution >= 4 is 38.3 Å². The fourth-order valence-corrected chi connectivity index (χ4v) is 4.49. The number of anilines is 1. The largest absolute Gasteiger partial charge is 0.496 e. The molecule has 2 aromatic rings. The second-order valence-corrected chi connectivity index (χ2v) is 7.95. The molecular weight excluding hydrogens is 330 g/mol. The van der Waals surface area contributed by atoms with Crippen LogP contribution in [0.3, 0.4) is 0 Å². The van der Waals surface area contributed by atoms with E-state index in [9.17, 15) is 8.42 Å². The first-order chi connectivity index (χ1) is 9.87. The zero-order valence-corrected chi connectivity index (χ0v) is 14.4. The Morgan fingerprint density at radius 3 is 2.52 bits per heavy atom. The summed E-state index contributed by atoms with van der Waals surface area (Å²) in [5, 5.41) is 7.94. The Hall–Kier alpha value is -1.32. The highest BCUT2D eigenvalue weighted by Gasteiger charge is 2.20. The second-order valence-electron chi connectivity index (χ2n) is 4.27. The van der Waals surface area contributed by atoms with Crippen LogP contribution in [0.5, 0.6) is 5.75 Å². The molecule has 0 amide bonds. The Labute approximate surface area is 132 Å². The lowest BCUT2D eigenvalue weighted by molar-refractivity contribution is 0.411. The van der Waals surface area contributed by atoms with E-state index in [1.165, 1.54) is 23.1 Å². The summed E-state index contributed by atoms with van der Waals surface area (Å²) in [6, 6.07) is 3.30. The summed E-state index contributed by atoms with van der Waals surface area (Å²) in [5.74, 6) is 0.659. The lowest BCUT2D eigenvalue weighted by Gasteiger charge is -2.12. The van der Waals surface area contributed by atoms with Gasteiger partial charge >= 0.3 is 0 Å². The fourth-order valence-electron chi connectivity index (χ4n) is 1.78. The molecule has 2 rings (SSSR count). The van der Waals surface area contributed by atoms with Gasteiger partial charge < -0.3 is 4.74 Å². The van der Waals surface area contributed by atoms with Crippen LogP contribution in [0.25, 0.3) is 0 Å². The molecule has 0 aliphatic heterocycles. The average Bonchev–Trinajstić information content (AvgIpc) is 2.87. The SMILES string of the molecule is COc1cc(C)c(S(=O)(=O)Nc2nnc(SC)s2)cc1C. The van der Waals surface area contributed by atoms with E-state index in [0.717, 1.165) is 5.56 Å². The maximum atomic E-state index is 12.5. The molecule has 0 fully saturated rings. The molecule has 0 saturated heterocycles. The van der Waals surface area contributed by atoms with Gasteiger partial charge in [0.05, 0.1) is 12.0 Å². The van der Waals surface area contributed by atoms with E-state index >= 15 is 0 Å². The van der Waals surface area contributed by atoms with Crippen molar-refractivity contribution in [3.63, 3.8) is 0 Å². The van der Waals surface area contributed by atoms with Gasteiger partial charge in [-0.2, -0.15) is 0 Å². The molecule has 1 aromatic heterocycles. The van der Waals surface area contributed by atoms with Gasteiger partial charge in [-0.05, 0) is 43.4 Å². The maximum absolute atomic E-state index is 12.5. The standard InChI is InChI=1S/C12H15N3O3S3/c1-7-6-10(8(2)5-9(7)18-3)21(16,17)15-11-13-14-12(19-4)20-11/h5-6H,1-4H3,(H,13,15). The van der Waals surface area contributed by atoms with Gasteiger partial charge in [-0.15, -0.1) is 10.2 Å². The van der Waals surface area contributed by atoms with Gasteiger partial charge in [0, 0.05) is 0 Å². The van der Waals surface area contributed by atoms with Crippen LogP contribution in [0.2, 0.25) is 0 Å². The molecule has 114 valence electrons. The van der Waals surface area contributed by atoms with E-state index < -0.39 is 10.0 Å². The zero-order valence-electron chi connectivity index (χ0n) is 12.0. The van der Waals surface area contributed by atoms with Gasteiger partial charge in [-0.1, -0.05) is 23.1 Å². The van der Waals surface area contributed by atoms with Gasteiger partial charge in [0.2, 0.25) is 5.13 Å². The normalized spacial score (nSPS) is 11.4. The van der Waals surface area contributed by atoms with Crippen LogP contribution in [0, 0.1) is 13.8 Å². The van der Waals surface area contributed by atoms with Gasteiger partial charge in [0.1, 0.15) is 5.75 Å². The van der Waals surface area contributed by atoms with Crippen LogP contribution in [-0.4, -0.2) is 32.0 Å². The van der Waals surface area contributed by atoms with E-state index in [0.29, 0.717) is 15.7 Å².